The number of hydrogen-bond acceptors (Lipinski definition) is 6. The summed E-state index contributed by atoms with van der Waals surface area (Å²) >= 11 is 0. The van der Waals surface area contributed by atoms with E-state index >= 15 is 0 Å². The van der Waals surface area contributed by atoms with Gasteiger partial charge in [0.1, 0.15) is 11.6 Å². The van der Waals surface area contributed by atoms with Gasteiger partial charge in [0.2, 0.25) is 5.95 Å². The van der Waals surface area contributed by atoms with Crippen molar-refractivity contribution >= 4 is 28.5 Å². The summed E-state index contributed by atoms with van der Waals surface area (Å²) in [6, 6.07) is 7.63. The van der Waals surface area contributed by atoms with Crippen LogP contribution < -0.4 is 15.4 Å². The van der Waals surface area contributed by atoms with E-state index in [1.807, 2.05) is 24.3 Å². The summed E-state index contributed by atoms with van der Waals surface area (Å²) < 4.78 is 5.21. The fraction of sp³-hybridized carbons (Fsp3) is 0.154. The summed E-state index contributed by atoms with van der Waals surface area (Å²) in [6.45, 7) is 0. The molecule has 0 radical (unpaired) electrons. The number of anilines is 3. The number of H-pyrrole nitrogens is 1. The van der Waals surface area contributed by atoms with Crippen LogP contribution >= 0.6 is 0 Å². The average molecular weight is 270 g/mol. The first kappa shape index (κ1) is 12.2. The predicted molar refractivity (Wildman–Crippen MR) is 77.5 cm³/mol. The lowest BCUT2D eigenvalue weighted by atomic mass is 10.3. The molecule has 3 N–H and O–H groups in total. The third-order valence-electron chi connectivity index (χ3n) is 2.87. The molecule has 3 aromatic rings. The number of rotatable bonds is 4. The first-order valence-electron chi connectivity index (χ1n) is 6.10. The minimum Gasteiger partial charge on any atom is -0.497 e. The van der Waals surface area contributed by atoms with Gasteiger partial charge in [-0.3, -0.25) is 5.10 Å². The summed E-state index contributed by atoms with van der Waals surface area (Å²) in [5.41, 5.74) is 1.56. The maximum absolute atomic E-state index is 5.21. The van der Waals surface area contributed by atoms with Crippen molar-refractivity contribution in [1.82, 2.24) is 20.2 Å². The zero-order valence-electron chi connectivity index (χ0n) is 11.1. The van der Waals surface area contributed by atoms with E-state index in [9.17, 15) is 0 Å². The Labute approximate surface area is 115 Å². The number of ether oxygens (including phenoxy) is 1. The molecule has 0 bridgehead atoms. The number of fused-ring (bicyclic) bond motifs is 1. The Bertz CT molecular complexity index is 739. The van der Waals surface area contributed by atoms with Crippen molar-refractivity contribution < 1.29 is 4.74 Å². The fourth-order valence-electron chi connectivity index (χ4n) is 1.88. The number of benzene rings is 1. The molecule has 0 aliphatic rings. The summed E-state index contributed by atoms with van der Waals surface area (Å²) in [6.07, 6.45) is 1.69. The van der Waals surface area contributed by atoms with Crippen LogP contribution in [0.1, 0.15) is 0 Å². The highest BCUT2D eigenvalue weighted by Crippen LogP contribution is 2.25. The summed E-state index contributed by atoms with van der Waals surface area (Å²) in [5.74, 6) is 1.98. The quantitative estimate of drug-likeness (QED) is 0.673. The molecule has 20 heavy (non-hydrogen) atoms. The minimum absolute atomic E-state index is 0.521. The average Bonchev–Trinajstić information content (AvgIpc) is 2.96. The SMILES string of the molecule is CNc1nc(Nc2cccc(OC)c2)c2cn[nH]c2n1. The highest BCUT2D eigenvalue weighted by Gasteiger charge is 2.09. The normalized spacial score (nSPS) is 10.5. The van der Waals surface area contributed by atoms with Gasteiger partial charge in [0.05, 0.1) is 18.7 Å². The van der Waals surface area contributed by atoms with E-state index in [-0.39, 0.29) is 0 Å². The van der Waals surface area contributed by atoms with Gasteiger partial charge in [-0.15, -0.1) is 0 Å². The molecule has 1 aromatic carbocycles. The molecule has 102 valence electrons. The van der Waals surface area contributed by atoms with Gasteiger partial charge >= 0.3 is 0 Å². The highest BCUT2D eigenvalue weighted by molar-refractivity contribution is 5.89. The molecule has 0 aliphatic carbocycles. The highest BCUT2D eigenvalue weighted by atomic mass is 16.5. The van der Waals surface area contributed by atoms with Gasteiger partial charge in [-0.05, 0) is 12.1 Å². The summed E-state index contributed by atoms with van der Waals surface area (Å²) in [4.78, 5) is 8.69. The smallest absolute Gasteiger partial charge is 0.226 e. The van der Waals surface area contributed by atoms with Crippen LogP contribution in [0, 0.1) is 0 Å². The van der Waals surface area contributed by atoms with Crippen molar-refractivity contribution in [2.75, 3.05) is 24.8 Å². The van der Waals surface area contributed by atoms with Crippen molar-refractivity contribution in [3.05, 3.63) is 30.5 Å². The molecule has 7 heteroatoms. The maximum Gasteiger partial charge on any atom is 0.226 e. The van der Waals surface area contributed by atoms with E-state index in [1.165, 1.54) is 0 Å². The van der Waals surface area contributed by atoms with E-state index < -0.39 is 0 Å². The summed E-state index contributed by atoms with van der Waals surface area (Å²) in [5, 5.41) is 13.8. The first-order chi connectivity index (χ1) is 9.80. The van der Waals surface area contributed by atoms with Gasteiger partial charge in [0.15, 0.2) is 5.65 Å². The molecular formula is C13H14N6O. The molecule has 0 amide bonds. The van der Waals surface area contributed by atoms with Gasteiger partial charge in [-0.25, -0.2) is 0 Å². The van der Waals surface area contributed by atoms with Crippen LogP contribution in [0.15, 0.2) is 30.5 Å². The number of nitrogens with zero attached hydrogens (tertiary/aromatic N) is 3. The van der Waals surface area contributed by atoms with Crippen LogP contribution in [-0.4, -0.2) is 34.3 Å². The third-order valence-corrected chi connectivity index (χ3v) is 2.87. The van der Waals surface area contributed by atoms with Crippen molar-refractivity contribution in [2.45, 2.75) is 0 Å². The number of nitrogens with one attached hydrogen (secondary N) is 3. The Morgan fingerprint density at radius 1 is 1.25 bits per heavy atom. The molecule has 0 saturated heterocycles. The molecule has 0 atom stereocenters. The second-order valence-corrected chi connectivity index (χ2v) is 4.14. The molecule has 7 nitrogen and oxygen atoms in total. The number of aromatic nitrogens is 4. The van der Waals surface area contributed by atoms with Crippen molar-refractivity contribution in [2.24, 2.45) is 0 Å². The molecule has 2 heterocycles. The lowest BCUT2D eigenvalue weighted by Crippen LogP contribution is -2.01. The zero-order valence-corrected chi connectivity index (χ0v) is 11.1. The number of aromatic amines is 1. The minimum atomic E-state index is 0.521. The van der Waals surface area contributed by atoms with Crippen LogP contribution in [0.4, 0.5) is 17.5 Å². The Morgan fingerprint density at radius 2 is 2.15 bits per heavy atom. The van der Waals surface area contributed by atoms with E-state index in [1.54, 1.807) is 20.4 Å². The topological polar surface area (TPSA) is 87.8 Å². The van der Waals surface area contributed by atoms with Crippen molar-refractivity contribution in [3.63, 3.8) is 0 Å². The molecule has 0 fully saturated rings. The van der Waals surface area contributed by atoms with Crippen LogP contribution in [0.2, 0.25) is 0 Å². The monoisotopic (exact) mass is 270 g/mol. The summed E-state index contributed by atoms with van der Waals surface area (Å²) in [7, 11) is 3.41. The second-order valence-electron chi connectivity index (χ2n) is 4.14. The lowest BCUT2D eigenvalue weighted by molar-refractivity contribution is 0.415. The largest absolute Gasteiger partial charge is 0.497 e. The molecule has 0 unspecified atom stereocenters. The van der Waals surface area contributed by atoms with Gasteiger partial charge in [-0.2, -0.15) is 15.1 Å². The molecule has 3 rings (SSSR count). The number of methoxy groups -OCH3 is 1. The molecule has 0 saturated carbocycles. The van der Waals surface area contributed by atoms with Gasteiger partial charge in [-0.1, -0.05) is 6.07 Å². The maximum atomic E-state index is 5.21. The second kappa shape index (κ2) is 5.04. The number of hydrogen-bond donors (Lipinski definition) is 3. The lowest BCUT2D eigenvalue weighted by Gasteiger charge is -2.09. The van der Waals surface area contributed by atoms with Crippen LogP contribution in [0.3, 0.4) is 0 Å². The van der Waals surface area contributed by atoms with Crippen molar-refractivity contribution in [1.29, 1.82) is 0 Å². The Kier molecular flexibility index (Phi) is 3.08. The standard InChI is InChI=1S/C13H14N6O/c1-14-13-17-11(10-7-15-19-12(10)18-13)16-8-4-3-5-9(6-8)20-2/h3-7H,1-2H3,(H3,14,15,16,17,18,19). The molecule has 0 aliphatic heterocycles. The Morgan fingerprint density at radius 3 is 2.95 bits per heavy atom. The van der Waals surface area contributed by atoms with Gasteiger partial charge in [0.25, 0.3) is 0 Å². The van der Waals surface area contributed by atoms with E-state index in [0.29, 0.717) is 17.4 Å². The van der Waals surface area contributed by atoms with E-state index in [0.717, 1.165) is 16.8 Å². The van der Waals surface area contributed by atoms with Crippen LogP contribution in [-0.2, 0) is 0 Å². The van der Waals surface area contributed by atoms with Crippen LogP contribution in [0.5, 0.6) is 5.75 Å². The van der Waals surface area contributed by atoms with Crippen molar-refractivity contribution in [3.8, 4) is 5.75 Å². The molecule has 2 aromatic heterocycles. The van der Waals surface area contributed by atoms with Gasteiger partial charge in [0, 0.05) is 18.8 Å². The first-order valence-corrected chi connectivity index (χ1v) is 6.10. The van der Waals surface area contributed by atoms with Crippen LogP contribution in [0.25, 0.3) is 11.0 Å². The molecular weight excluding hydrogens is 256 g/mol. The Balaban J connectivity index is 2.02. The van der Waals surface area contributed by atoms with Gasteiger partial charge < -0.3 is 15.4 Å². The van der Waals surface area contributed by atoms with E-state index in [2.05, 4.69) is 30.8 Å². The predicted octanol–water partition coefficient (Wildman–Crippen LogP) is 2.15. The van der Waals surface area contributed by atoms with E-state index in [4.69, 9.17) is 4.74 Å². The molecule has 0 spiro atoms. The fourth-order valence-corrected chi connectivity index (χ4v) is 1.88. The Hall–Kier alpha value is -2.83. The third kappa shape index (κ3) is 2.20. The zero-order chi connectivity index (χ0) is 13.9.